The van der Waals surface area contributed by atoms with E-state index in [-0.39, 0.29) is 34.6 Å². The molecule has 5 nitrogen and oxygen atoms in total. The number of rotatable bonds is 8. The summed E-state index contributed by atoms with van der Waals surface area (Å²) >= 11 is 0. The average Bonchev–Trinajstić information content (AvgIpc) is 2.89. The zero-order valence-corrected chi connectivity index (χ0v) is 22.0. The Hall–Kier alpha value is -4.40. The largest absolute Gasteiger partial charge is 0.435 e. The maximum atomic E-state index is 14.6. The molecule has 0 saturated carbocycles. The van der Waals surface area contributed by atoms with Gasteiger partial charge in [-0.1, -0.05) is 42.5 Å². The van der Waals surface area contributed by atoms with E-state index in [0.29, 0.717) is 41.2 Å². The van der Waals surface area contributed by atoms with Gasteiger partial charge in [0.05, 0.1) is 12.1 Å². The monoisotopic (exact) mass is 579 g/mol. The Kier molecular flexibility index (Phi) is 8.81. The molecule has 0 aliphatic carbocycles. The molecule has 0 radical (unpaired) electrons. The van der Waals surface area contributed by atoms with E-state index in [4.69, 9.17) is 6.57 Å². The molecule has 216 valence electrons. The number of carbonyl (C=O) groups excluding carboxylic acids is 2. The first-order valence-corrected chi connectivity index (χ1v) is 12.2. The molecule has 0 saturated heterocycles. The molecule has 0 aliphatic rings. The van der Waals surface area contributed by atoms with Crippen LogP contribution in [0.4, 0.5) is 47.8 Å². The highest BCUT2D eigenvalue weighted by Crippen LogP contribution is 2.53. The average molecular weight is 580 g/mol. The summed E-state index contributed by atoms with van der Waals surface area (Å²) in [5.41, 5.74) is -6.18. The van der Waals surface area contributed by atoms with Crippen molar-refractivity contribution >= 4 is 28.8 Å². The molecule has 1 amide bonds. The van der Waals surface area contributed by atoms with Crippen LogP contribution in [-0.4, -0.2) is 30.6 Å². The third kappa shape index (κ3) is 6.34. The first kappa shape index (κ1) is 31.1. The second-order valence-corrected chi connectivity index (χ2v) is 9.26. The molecule has 0 unspecified atom stereocenters. The number of anilines is 2. The van der Waals surface area contributed by atoms with Gasteiger partial charge < -0.3 is 10.6 Å². The lowest BCUT2D eigenvalue weighted by molar-refractivity contribution is -0.348. The van der Waals surface area contributed by atoms with Crippen molar-refractivity contribution < 1.29 is 40.3 Å². The molecule has 0 heterocycles. The predicted octanol–water partition coefficient (Wildman–Crippen LogP) is 8.25. The number of carbonyl (C=O) groups is 2. The van der Waals surface area contributed by atoms with Crippen LogP contribution in [0.2, 0.25) is 0 Å². The van der Waals surface area contributed by atoms with Gasteiger partial charge in [-0.2, -0.15) is 26.3 Å². The molecule has 12 heteroatoms. The highest BCUT2D eigenvalue weighted by atomic mass is 19.4. The van der Waals surface area contributed by atoms with Gasteiger partial charge in [-0.05, 0) is 49.6 Å². The third-order valence-electron chi connectivity index (χ3n) is 6.33. The molecule has 41 heavy (non-hydrogen) atoms. The summed E-state index contributed by atoms with van der Waals surface area (Å²) in [5, 5.41) is 5.48. The summed E-state index contributed by atoms with van der Waals surface area (Å²) in [5.74, 6) is -1.04. The van der Waals surface area contributed by atoms with E-state index in [1.807, 2.05) is 0 Å². The lowest BCUT2D eigenvalue weighted by Crippen LogP contribution is -2.50. The van der Waals surface area contributed by atoms with Crippen molar-refractivity contribution in [2.45, 2.75) is 45.2 Å². The molecule has 3 aromatic rings. The number of hydrogen-bond acceptors (Lipinski definition) is 3. The number of hydrogen-bond donors (Lipinski definition) is 2. The number of Topliss-reactive ketones (excluding diaryl/α,β-unsaturated/α-hetero) is 1. The summed E-state index contributed by atoms with van der Waals surface area (Å²) in [6, 6.07) is 11.5. The Balaban J connectivity index is 1.95. The zero-order valence-electron chi connectivity index (χ0n) is 22.0. The van der Waals surface area contributed by atoms with E-state index in [9.17, 15) is 40.3 Å². The van der Waals surface area contributed by atoms with Gasteiger partial charge in [-0.3, -0.25) is 9.59 Å². The Morgan fingerprint density at radius 3 is 1.90 bits per heavy atom. The van der Waals surface area contributed by atoms with Crippen LogP contribution in [0, 0.1) is 20.4 Å². The maximum absolute atomic E-state index is 14.6. The molecule has 3 rings (SSSR count). The third-order valence-corrected chi connectivity index (χ3v) is 6.33. The Morgan fingerprint density at radius 1 is 0.854 bits per heavy atom. The van der Waals surface area contributed by atoms with Crippen LogP contribution >= 0.6 is 0 Å². The molecule has 2 N–H and O–H groups in total. The van der Waals surface area contributed by atoms with Crippen LogP contribution < -0.4 is 10.6 Å². The minimum Gasteiger partial charge on any atom is -0.385 e. The van der Waals surface area contributed by atoms with Crippen LogP contribution in [0.15, 0.2) is 54.6 Å². The summed E-state index contributed by atoms with van der Waals surface area (Å²) in [7, 11) is 0. The topological polar surface area (TPSA) is 62.6 Å². The smallest absolute Gasteiger partial charge is 0.385 e. The number of aryl methyl sites for hydroxylation is 2. The van der Waals surface area contributed by atoms with E-state index in [1.54, 1.807) is 19.1 Å². The second kappa shape index (κ2) is 11.6. The molecule has 0 aromatic heterocycles. The number of alkyl halides is 7. The molecular weight excluding hydrogens is 555 g/mol. The van der Waals surface area contributed by atoms with Crippen molar-refractivity contribution in [3.8, 4) is 0 Å². The van der Waals surface area contributed by atoms with Crippen molar-refractivity contribution in [1.29, 1.82) is 0 Å². The van der Waals surface area contributed by atoms with Gasteiger partial charge >= 0.3 is 18.0 Å². The minimum absolute atomic E-state index is 0.0637. The van der Waals surface area contributed by atoms with Gasteiger partial charge in [0.25, 0.3) is 5.91 Å². The van der Waals surface area contributed by atoms with Crippen LogP contribution in [0.25, 0.3) is 4.85 Å². The fourth-order valence-corrected chi connectivity index (χ4v) is 4.27. The summed E-state index contributed by atoms with van der Waals surface area (Å²) in [4.78, 5) is 29.3. The summed E-state index contributed by atoms with van der Waals surface area (Å²) in [6.07, 6.45) is -12.6. The molecule has 0 spiro atoms. The van der Waals surface area contributed by atoms with Gasteiger partial charge in [-0.15, -0.1) is 0 Å². The zero-order chi connectivity index (χ0) is 30.8. The molecule has 3 aromatic carbocycles. The number of halogens is 7. The van der Waals surface area contributed by atoms with Gasteiger partial charge in [-0.25, -0.2) is 9.24 Å². The van der Waals surface area contributed by atoms with E-state index in [1.165, 1.54) is 30.3 Å². The summed E-state index contributed by atoms with van der Waals surface area (Å²) in [6.45, 7) is 11.5. The Morgan fingerprint density at radius 2 is 1.41 bits per heavy atom. The highest BCUT2D eigenvalue weighted by Gasteiger charge is 2.73. The van der Waals surface area contributed by atoms with Gasteiger partial charge in [0, 0.05) is 35.5 Å². The Labute approximate surface area is 231 Å². The molecule has 0 fully saturated rings. The lowest BCUT2D eigenvalue weighted by Gasteiger charge is -2.31. The van der Waals surface area contributed by atoms with Crippen LogP contribution in [-0.2, 0) is 12.1 Å². The number of amides is 1. The molecular formula is C29H24F7N3O2. The number of benzene rings is 3. The van der Waals surface area contributed by atoms with Crippen LogP contribution in [0.1, 0.15) is 49.9 Å². The number of nitrogens with zero attached hydrogens (tertiary/aromatic N) is 1. The van der Waals surface area contributed by atoms with E-state index in [2.05, 4.69) is 15.5 Å². The van der Waals surface area contributed by atoms with Crippen molar-refractivity contribution in [2.75, 3.05) is 17.2 Å². The highest BCUT2D eigenvalue weighted by molar-refractivity contribution is 6.09. The first-order valence-electron chi connectivity index (χ1n) is 12.2. The van der Waals surface area contributed by atoms with E-state index < -0.39 is 29.5 Å². The number of ketones is 1. The molecule has 0 atom stereocenters. The van der Waals surface area contributed by atoms with Crippen molar-refractivity contribution in [3.63, 3.8) is 0 Å². The van der Waals surface area contributed by atoms with Gasteiger partial charge in [0.15, 0.2) is 11.5 Å². The fraction of sp³-hybridized carbons (Fsp3) is 0.276. The SMILES string of the molecule is [C-]#[N+]c1ccc(C(=O)Cc2ccc(NCC)c(C(=O)Nc3c(C)cc(C(F)(C(F)(F)F)C(F)(F)F)cc3C)c2)cc1. The lowest BCUT2D eigenvalue weighted by atomic mass is 9.90. The van der Waals surface area contributed by atoms with Gasteiger partial charge in [0.1, 0.15) is 0 Å². The predicted molar refractivity (Wildman–Crippen MR) is 140 cm³/mol. The standard InChI is InChI=1S/C29H24F7N3O2/c1-5-38-23-11-6-18(15-24(40)19-7-9-21(37-4)10-8-19)14-22(23)26(41)39-25-16(2)12-20(13-17(25)3)27(30,28(31,32)33)29(34,35)36/h6-14,38H,5,15H2,1-3H3,(H,39,41). The maximum Gasteiger partial charge on any atom is 0.435 e. The van der Waals surface area contributed by atoms with Crippen molar-refractivity contribution in [2.24, 2.45) is 0 Å². The van der Waals surface area contributed by atoms with Crippen LogP contribution in [0.3, 0.4) is 0 Å². The first-order chi connectivity index (χ1) is 19.0. The normalized spacial score (nSPS) is 12.0. The van der Waals surface area contributed by atoms with Crippen LogP contribution in [0.5, 0.6) is 0 Å². The van der Waals surface area contributed by atoms with Crippen molar-refractivity contribution in [3.05, 3.63) is 99.4 Å². The second-order valence-electron chi connectivity index (χ2n) is 9.26. The van der Waals surface area contributed by atoms with Gasteiger partial charge in [0.2, 0.25) is 0 Å². The molecule has 0 aliphatic heterocycles. The van der Waals surface area contributed by atoms with E-state index in [0.717, 1.165) is 13.8 Å². The van der Waals surface area contributed by atoms with E-state index >= 15 is 0 Å². The fourth-order valence-electron chi connectivity index (χ4n) is 4.27. The quantitative estimate of drug-likeness (QED) is 0.161. The molecule has 0 bridgehead atoms. The van der Waals surface area contributed by atoms with Crippen molar-refractivity contribution in [1.82, 2.24) is 0 Å². The summed E-state index contributed by atoms with van der Waals surface area (Å²) < 4.78 is 94.2. The number of nitrogens with one attached hydrogen (secondary N) is 2. The minimum atomic E-state index is -6.27. The Bertz CT molecular complexity index is 1470.